The average Bonchev–Trinajstić information content (AvgIpc) is 2.20. The first-order chi connectivity index (χ1) is 7.81. The molecule has 1 saturated carbocycles. The molecule has 0 aromatic carbocycles. The number of nitrogens with one attached hydrogen (secondary N) is 2. The minimum absolute atomic E-state index is 0.177. The zero-order valence-electron chi connectivity index (χ0n) is 10.7. The smallest absolute Gasteiger partial charge is 0.328 e. The first-order valence-corrected chi connectivity index (χ1v) is 6.13. The standard InChI is InChI=1S/C12H22N2O3/c1-8-4-6-9(7-5-8)13-11(17)14-12(2,3)10(15)16/h8-9H,4-7H2,1-3H3,(H,15,16)(H2,13,14,17). The summed E-state index contributed by atoms with van der Waals surface area (Å²) in [5.74, 6) is -0.309. The Kier molecular flexibility index (Phi) is 4.37. The highest BCUT2D eigenvalue weighted by Gasteiger charge is 2.30. The monoisotopic (exact) mass is 242 g/mol. The van der Waals surface area contributed by atoms with Crippen LogP contribution in [0.25, 0.3) is 0 Å². The second-order valence-electron chi connectivity index (χ2n) is 5.49. The number of hydrogen-bond acceptors (Lipinski definition) is 2. The molecule has 0 saturated heterocycles. The van der Waals surface area contributed by atoms with Crippen molar-refractivity contribution in [2.75, 3.05) is 0 Å². The van der Waals surface area contributed by atoms with E-state index in [1.807, 2.05) is 0 Å². The van der Waals surface area contributed by atoms with Gasteiger partial charge in [0.25, 0.3) is 0 Å². The fraction of sp³-hybridized carbons (Fsp3) is 0.833. The normalized spacial score (nSPS) is 25.1. The van der Waals surface area contributed by atoms with Crippen molar-refractivity contribution in [2.24, 2.45) is 5.92 Å². The van der Waals surface area contributed by atoms with Crippen molar-refractivity contribution in [1.29, 1.82) is 0 Å². The summed E-state index contributed by atoms with van der Waals surface area (Å²) in [6.07, 6.45) is 4.19. The maximum Gasteiger partial charge on any atom is 0.328 e. The maximum absolute atomic E-state index is 11.6. The molecule has 1 aliphatic carbocycles. The number of carbonyl (C=O) groups excluding carboxylic acids is 1. The number of carboxylic acids is 1. The predicted octanol–water partition coefficient (Wildman–Crippen LogP) is 1.73. The van der Waals surface area contributed by atoms with Gasteiger partial charge in [0.05, 0.1) is 0 Å². The largest absolute Gasteiger partial charge is 0.480 e. The van der Waals surface area contributed by atoms with E-state index >= 15 is 0 Å². The third-order valence-corrected chi connectivity index (χ3v) is 3.31. The van der Waals surface area contributed by atoms with Gasteiger partial charge in [-0.05, 0) is 45.4 Å². The van der Waals surface area contributed by atoms with Crippen molar-refractivity contribution >= 4 is 12.0 Å². The zero-order valence-corrected chi connectivity index (χ0v) is 10.7. The van der Waals surface area contributed by atoms with E-state index < -0.39 is 17.5 Å². The van der Waals surface area contributed by atoms with Crippen LogP contribution in [0.3, 0.4) is 0 Å². The quantitative estimate of drug-likeness (QED) is 0.705. The molecule has 0 aliphatic heterocycles. The molecule has 1 fully saturated rings. The van der Waals surface area contributed by atoms with Crippen molar-refractivity contribution in [2.45, 2.75) is 58.0 Å². The van der Waals surface area contributed by atoms with E-state index in [0.717, 1.165) is 31.6 Å². The van der Waals surface area contributed by atoms with Gasteiger partial charge in [-0.3, -0.25) is 0 Å². The molecule has 17 heavy (non-hydrogen) atoms. The van der Waals surface area contributed by atoms with Crippen LogP contribution in [0.4, 0.5) is 4.79 Å². The third kappa shape index (κ3) is 4.24. The lowest BCUT2D eigenvalue weighted by Gasteiger charge is -2.28. The molecule has 0 aromatic heterocycles. The van der Waals surface area contributed by atoms with E-state index in [4.69, 9.17) is 5.11 Å². The van der Waals surface area contributed by atoms with Crippen LogP contribution in [0.15, 0.2) is 0 Å². The molecule has 0 spiro atoms. The summed E-state index contributed by atoms with van der Waals surface area (Å²) in [6.45, 7) is 5.15. The van der Waals surface area contributed by atoms with E-state index in [1.54, 1.807) is 0 Å². The van der Waals surface area contributed by atoms with E-state index in [-0.39, 0.29) is 6.04 Å². The van der Waals surface area contributed by atoms with Crippen LogP contribution in [0, 0.1) is 5.92 Å². The number of aliphatic carboxylic acids is 1. The van der Waals surface area contributed by atoms with Gasteiger partial charge in [-0.1, -0.05) is 6.92 Å². The van der Waals surface area contributed by atoms with Crippen molar-refractivity contribution in [3.63, 3.8) is 0 Å². The highest BCUT2D eigenvalue weighted by Crippen LogP contribution is 2.23. The summed E-state index contributed by atoms with van der Waals surface area (Å²) in [6, 6.07) is -0.215. The molecule has 0 atom stereocenters. The van der Waals surface area contributed by atoms with Gasteiger partial charge < -0.3 is 15.7 Å². The fourth-order valence-electron chi connectivity index (χ4n) is 1.96. The lowest BCUT2D eigenvalue weighted by atomic mass is 9.87. The summed E-state index contributed by atoms with van der Waals surface area (Å²) in [5.41, 5.74) is -1.23. The van der Waals surface area contributed by atoms with Crippen LogP contribution in [0.1, 0.15) is 46.5 Å². The topological polar surface area (TPSA) is 78.4 Å². The highest BCUT2D eigenvalue weighted by molar-refractivity contribution is 5.85. The van der Waals surface area contributed by atoms with E-state index in [9.17, 15) is 9.59 Å². The molecule has 3 N–H and O–H groups in total. The van der Waals surface area contributed by atoms with Gasteiger partial charge in [0, 0.05) is 6.04 Å². The van der Waals surface area contributed by atoms with Gasteiger partial charge in [-0.15, -0.1) is 0 Å². The van der Waals surface area contributed by atoms with Crippen molar-refractivity contribution in [3.05, 3.63) is 0 Å². The van der Waals surface area contributed by atoms with Crippen LogP contribution in [-0.4, -0.2) is 28.7 Å². The Bertz CT molecular complexity index is 294. The molecule has 5 nitrogen and oxygen atoms in total. The van der Waals surface area contributed by atoms with Gasteiger partial charge in [-0.2, -0.15) is 0 Å². The summed E-state index contributed by atoms with van der Waals surface area (Å²) < 4.78 is 0. The van der Waals surface area contributed by atoms with Gasteiger partial charge in [0.15, 0.2) is 0 Å². The number of hydrogen-bond donors (Lipinski definition) is 3. The molecule has 1 rings (SSSR count). The number of urea groups is 1. The van der Waals surface area contributed by atoms with E-state index in [1.165, 1.54) is 13.8 Å². The molecule has 0 unspecified atom stereocenters. The number of carboxylic acid groups (broad SMARTS) is 1. The van der Waals surface area contributed by atoms with Crippen LogP contribution in [0.5, 0.6) is 0 Å². The maximum atomic E-state index is 11.6. The lowest BCUT2D eigenvalue weighted by molar-refractivity contribution is -0.142. The average molecular weight is 242 g/mol. The van der Waals surface area contributed by atoms with Crippen LogP contribution in [-0.2, 0) is 4.79 Å². The molecule has 0 heterocycles. The minimum Gasteiger partial charge on any atom is -0.480 e. The molecular weight excluding hydrogens is 220 g/mol. The molecule has 1 aliphatic rings. The second-order valence-corrected chi connectivity index (χ2v) is 5.49. The van der Waals surface area contributed by atoms with Crippen molar-refractivity contribution in [1.82, 2.24) is 10.6 Å². The summed E-state index contributed by atoms with van der Waals surface area (Å²) in [7, 11) is 0. The lowest BCUT2D eigenvalue weighted by Crippen LogP contribution is -2.55. The number of rotatable bonds is 3. The van der Waals surface area contributed by atoms with Crippen LogP contribution >= 0.6 is 0 Å². The van der Waals surface area contributed by atoms with Crippen LogP contribution < -0.4 is 10.6 Å². The van der Waals surface area contributed by atoms with Gasteiger partial charge in [0.1, 0.15) is 5.54 Å². The molecular formula is C12H22N2O3. The Labute approximate surface area is 102 Å². The zero-order chi connectivity index (χ0) is 13.1. The first-order valence-electron chi connectivity index (χ1n) is 6.13. The van der Waals surface area contributed by atoms with Crippen molar-refractivity contribution in [3.8, 4) is 0 Å². The summed E-state index contributed by atoms with van der Waals surface area (Å²) >= 11 is 0. The minimum atomic E-state index is -1.23. The Balaban J connectivity index is 2.37. The molecule has 0 radical (unpaired) electrons. The molecule has 0 aromatic rings. The van der Waals surface area contributed by atoms with Gasteiger partial charge >= 0.3 is 12.0 Å². The van der Waals surface area contributed by atoms with E-state index in [2.05, 4.69) is 17.6 Å². The van der Waals surface area contributed by atoms with E-state index in [0.29, 0.717) is 0 Å². The second kappa shape index (κ2) is 5.38. The van der Waals surface area contributed by atoms with Crippen molar-refractivity contribution < 1.29 is 14.7 Å². The Hall–Kier alpha value is -1.26. The summed E-state index contributed by atoms with van der Waals surface area (Å²) in [5, 5.41) is 14.2. The Morgan fingerprint density at radius 3 is 2.18 bits per heavy atom. The molecule has 2 amide bonds. The molecule has 5 heteroatoms. The Morgan fingerprint density at radius 1 is 1.18 bits per heavy atom. The number of carbonyl (C=O) groups is 2. The molecule has 98 valence electrons. The molecule has 0 bridgehead atoms. The predicted molar refractivity (Wildman–Crippen MR) is 64.8 cm³/mol. The first kappa shape index (κ1) is 13.8. The van der Waals surface area contributed by atoms with Crippen LogP contribution in [0.2, 0.25) is 0 Å². The Morgan fingerprint density at radius 2 is 1.71 bits per heavy atom. The summed E-state index contributed by atoms with van der Waals surface area (Å²) in [4.78, 5) is 22.5. The van der Waals surface area contributed by atoms with Gasteiger partial charge in [-0.25, -0.2) is 9.59 Å². The fourth-order valence-corrected chi connectivity index (χ4v) is 1.96. The SMILES string of the molecule is CC1CCC(NC(=O)NC(C)(C)C(=O)O)CC1. The van der Waals surface area contributed by atoms with Gasteiger partial charge in [0.2, 0.25) is 0 Å². The number of amides is 2. The highest BCUT2D eigenvalue weighted by atomic mass is 16.4. The third-order valence-electron chi connectivity index (χ3n) is 3.31.